The number of hydrogen-bond donors (Lipinski definition) is 3. The minimum atomic E-state index is -5.08. The normalized spacial score (nSPS) is 15.8. The third kappa shape index (κ3) is 8.90. The van der Waals surface area contributed by atoms with Gasteiger partial charge >= 0.3 is 18.1 Å². The number of carbonyl (C=O) groups is 4. The van der Waals surface area contributed by atoms with E-state index in [1.165, 1.54) is 0 Å². The van der Waals surface area contributed by atoms with Crippen molar-refractivity contribution in [2.75, 3.05) is 56.1 Å². The third-order valence-corrected chi connectivity index (χ3v) is 6.45. The molecule has 0 bridgehead atoms. The van der Waals surface area contributed by atoms with E-state index in [1.807, 2.05) is 6.07 Å². The number of piperazine rings is 1. The van der Waals surface area contributed by atoms with Crippen molar-refractivity contribution >= 4 is 35.3 Å². The number of carboxylic acids is 1. The molecule has 0 saturated carbocycles. The summed E-state index contributed by atoms with van der Waals surface area (Å²) in [5, 5.41) is 13.3. The topological polar surface area (TPSA) is 141 Å². The zero-order valence-corrected chi connectivity index (χ0v) is 22.4. The molecule has 11 nitrogen and oxygen atoms in total. The van der Waals surface area contributed by atoms with Crippen LogP contribution < -0.4 is 15.5 Å². The fraction of sp³-hybridized carbons (Fsp3) is 0.444. The summed E-state index contributed by atoms with van der Waals surface area (Å²) in [5.74, 6) is -2.90. The summed E-state index contributed by atoms with van der Waals surface area (Å²) in [5.41, 5.74) is 1.46. The average molecular weight is 580 g/mol. The quantitative estimate of drug-likeness (QED) is 0.441. The molecule has 0 atom stereocenters. The first-order valence-electron chi connectivity index (χ1n) is 13.1. The Morgan fingerprint density at radius 2 is 1.68 bits per heavy atom. The van der Waals surface area contributed by atoms with Crippen molar-refractivity contribution in [1.82, 2.24) is 15.2 Å². The molecule has 0 unspecified atom stereocenters. The Kier molecular flexibility index (Phi) is 11.0. The van der Waals surface area contributed by atoms with Gasteiger partial charge in [-0.15, -0.1) is 0 Å². The highest BCUT2D eigenvalue weighted by Crippen LogP contribution is 2.27. The van der Waals surface area contributed by atoms with Crippen LogP contribution in [0, 0.1) is 5.92 Å². The molecule has 41 heavy (non-hydrogen) atoms. The maximum Gasteiger partial charge on any atom is 0.490 e. The van der Waals surface area contributed by atoms with Crippen LogP contribution in [0.15, 0.2) is 42.6 Å². The van der Waals surface area contributed by atoms with Gasteiger partial charge in [-0.2, -0.15) is 13.2 Å². The molecule has 4 rings (SSSR count). The van der Waals surface area contributed by atoms with Gasteiger partial charge in [0.2, 0.25) is 0 Å². The molecule has 2 aromatic rings. The molecule has 2 amide bonds. The molecule has 1 aromatic heterocycles. The van der Waals surface area contributed by atoms with Gasteiger partial charge in [0.15, 0.2) is 0 Å². The maximum absolute atomic E-state index is 13.6. The number of pyridine rings is 1. The van der Waals surface area contributed by atoms with E-state index >= 15 is 0 Å². The van der Waals surface area contributed by atoms with Crippen molar-refractivity contribution in [3.8, 4) is 0 Å². The molecule has 0 aliphatic carbocycles. The number of rotatable bonds is 6. The Labute approximate surface area is 234 Å². The number of ether oxygens (including phenoxy) is 1. The van der Waals surface area contributed by atoms with Crippen LogP contribution in [0.3, 0.4) is 0 Å². The van der Waals surface area contributed by atoms with Crippen molar-refractivity contribution in [1.29, 1.82) is 0 Å². The Hall–Kier alpha value is -4.20. The minimum Gasteiger partial charge on any atom is -0.475 e. The lowest BCUT2D eigenvalue weighted by atomic mass is 9.96. The van der Waals surface area contributed by atoms with Gasteiger partial charge in [0, 0.05) is 44.8 Å². The number of alkyl halides is 3. The number of aromatic nitrogens is 1. The fourth-order valence-electron chi connectivity index (χ4n) is 4.35. The van der Waals surface area contributed by atoms with Gasteiger partial charge in [0.25, 0.3) is 11.8 Å². The Morgan fingerprint density at radius 1 is 1.07 bits per heavy atom. The van der Waals surface area contributed by atoms with Crippen molar-refractivity contribution in [3.05, 3.63) is 53.7 Å². The number of esters is 1. The number of halogens is 3. The van der Waals surface area contributed by atoms with Gasteiger partial charge in [0.1, 0.15) is 5.82 Å². The predicted octanol–water partition coefficient (Wildman–Crippen LogP) is 2.79. The van der Waals surface area contributed by atoms with E-state index in [2.05, 4.69) is 20.5 Å². The Balaban J connectivity index is 0.000000587. The van der Waals surface area contributed by atoms with Gasteiger partial charge in [0.05, 0.1) is 30.0 Å². The summed E-state index contributed by atoms with van der Waals surface area (Å²) in [4.78, 5) is 55.7. The van der Waals surface area contributed by atoms with Gasteiger partial charge in [-0.05, 0) is 38.0 Å². The van der Waals surface area contributed by atoms with E-state index in [4.69, 9.17) is 14.6 Å². The molecule has 2 aliphatic rings. The molecule has 3 heterocycles. The molecule has 2 fully saturated rings. The van der Waals surface area contributed by atoms with E-state index in [0.717, 1.165) is 26.2 Å². The average Bonchev–Trinajstić information content (AvgIpc) is 2.97. The summed E-state index contributed by atoms with van der Waals surface area (Å²) < 4.78 is 36.9. The zero-order valence-electron chi connectivity index (χ0n) is 22.4. The molecule has 14 heteroatoms. The van der Waals surface area contributed by atoms with Gasteiger partial charge in [-0.1, -0.05) is 18.2 Å². The smallest absolute Gasteiger partial charge is 0.475 e. The number of nitrogens with one attached hydrogen (secondary N) is 2. The second-order valence-corrected chi connectivity index (χ2v) is 9.27. The van der Waals surface area contributed by atoms with Crippen LogP contribution in [-0.4, -0.2) is 90.8 Å². The molecule has 0 radical (unpaired) electrons. The van der Waals surface area contributed by atoms with Crippen LogP contribution in [0.1, 0.15) is 40.5 Å². The number of carboxylic acid groups (broad SMARTS) is 1. The Morgan fingerprint density at radius 3 is 2.24 bits per heavy atom. The molecule has 1 aromatic carbocycles. The first-order chi connectivity index (χ1) is 19.5. The van der Waals surface area contributed by atoms with Crippen LogP contribution in [0.2, 0.25) is 0 Å². The van der Waals surface area contributed by atoms with E-state index < -0.39 is 12.1 Å². The van der Waals surface area contributed by atoms with Crippen LogP contribution in [0.25, 0.3) is 0 Å². The number of aliphatic carboxylic acids is 1. The number of likely N-dealkylation sites (tertiary alicyclic amines) is 1. The first kappa shape index (κ1) is 31.3. The van der Waals surface area contributed by atoms with E-state index in [1.54, 1.807) is 48.4 Å². The van der Waals surface area contributed by atoms with E-state index in [-0.39, 0.29) is 23.7 Å². The second kappa shape index (κ2) is 14.4. The summed E-state index contributed by atoms with van der Waals surface area (Å²) in [6.07, 6.45) is -2.33. The number of piperidine rings is 1. The molecule has 2 aliphatic heterocycles. The summed E-state index contributed by atoms with van der Waals surface area (Å²) >= 11 is 0. The van der Waals surface area contributed by atoms with E-state index in [9.17, 15) is 27.6 Å². The van der Waals surface area contributed by atoms with Crippen LogP contribution in [0.4, 0.5) is 24.7 Å². The monoisotopic (exact) mass is 579 g/mol. The molecular weight excluding hydrogens is 547 g/mol. The van der Waals surface area contributed by atoms with Crippen LogP contribution in [0.5, 0.6) is 0 Å². The number of amides is 2. The first-order valence-corrected chi connectivity index (χ1v) is 13.1. The fourth-order valence-corrected chi connectivity index (χ4v) is 4.35. The van der Waals surface area contributed by atoms with Gasteiger partial charge in [-0.3, -0.25) is 14.4 Å². The lowest BCUT2D eigenvalue weighted by molar-refractivity contribution is -0.192. The maximum atomic E-state index is 13.6. The number of anilines is 2. The standard InChI is InChI=1S/C25H31N5O4.C2HF3O2/c1-2-34-25(33)19-8-12-30(13-9-19)24(32)21-16-20(28-23(31)18-6-4-3-5-7-18)17-27-22(21)29-14-10-26-11-15-29;3-2(4,5)1(6)7/h3-7,16-17,19,26H,2,8-15H2,1H3,(H,28,31);(H,6,7). The number of carbonyl (C=O) groups excluding carboxylic acids is 3. The van der Waals surface area contributed by atoms with Crippen molar-refractivity contribution in [2.45, 2.75) is 25.9 Å². The van der Waals surface area contributed by atoms with E-state index in [0.29, 0.717) is 55.2 Å². The molecule has 3 N–H and O–H groups in total. The van der Waals surface area contributed by atoms with Crippen molar-refractivity contribution < 1.29 is 42.2 Å². The third-order valence-electron chi connectivity index (χ3n) is 6.45. The summed E-state index contributed by atoms with van der Waals surface area (Å²) in [7, 11) is 0. The highest BCUT2D eigenvalue weighted by molar-refractivity contribution is 6.06. The lowest BCUT2D eigenvalue weighted by Crippen LogP contribution is -2.45. The Bertz CT molecular complexity index is 1210. The van der Waals surface area contributed by atoms with Gasteiger partial charge < -0.3 is 30.3 Å². The van der Waals surface area contributed by atoms with Crippen molar-refractivity contribution in [2.24, 2.45) is 5.92 Å². The molecule has 0 spiro atoms. The lowest BCUT2D eigenvalue weighted by Gasteiger charge is -2.33. The predicted molar refractivity (Wildman–Crippen MR) is 143 cm³/mol. The van der Waals surface area contributed by atoms with Crippen LogP contribution in [-0.2, 0) is 14.3 Å². The highest BCUT2D eigenvalue weighted by atomic mass is 19.4. The molecule has 222 valence electrons. The SMILES string of the molecule is CCOC(=O)C1CCN(C(=O)c2cc(NC(=O)c3ccccc3)cnc2N2CCNCC2)CC1.O=C(O)C(F)(F)F. The van der Waals surface area contributed by atoms with Gasteiger partial charge in [-0.25, -0.2) is 9.78 Å². The summed E-state index contributed by atoms with van der Waals surface area (Å²) in [6.45, 7) is 6.22. The van der Waals surface area contributed by atoms with Crippen LogP contribution >= 0.6 is 0 Å². The minimum absolute atomic E-state index is 0.140. The highest BCUT2D eigenvalue weighted by Gasteiger charge is 2.38. The summed E-state index contributed by atoms with van der Waals surface area (Å²) in [6, 6.07) is 10.6. The largest absolute Gasteiger partial charge is 0.490 e. The second-order valence-electron chi connectivity index (χ2n) is 9.27. The molecular formula is C27H32F3N5O6. The van der Waals surface area contributed by atoms with Crippen molar-refractivity contribution in [3.63, 3.8) is 0 Å². The number of hydrogen-bond acceptors (Lipinski definition) is 8. The number of nitrogens with zero attached hydrogens (tertiary/aromatic N) is 3. The number of benzene rings is 1. The zero-order chi connectivity index (χ0) is 30.0. The molecule has 2 saturated heterocycles.